The van der Waals surface area contributed by atoms with E-state index < -0.39 is 24.2 Å². The number of aliphatic hydroxyl groups is 5. The summed E-state index contributed by atoms with van der Waals surface area (Å²) < 4.78 is 38.5. The largest absolute Gasteiger partial charge is 0.497 e. The Bertz CT molecular complexity index is 6520. The van der Waals surface area contributed by atoms with Gasteiger partial charge in [-0.3, -0.25) is 39.6 Å². The van der Waals surface area contributed by atoms with Crippen LogP contribution in [0.5, 0.6) is 40.2 Å². The molecule has 0 saturated carbocycles. The lowest BCUT2D eigenvalue weighted by Crippen LogP contribution is -2.31. The molecule has 672 valence electrons. The SMILES string of the molecule is COc1c(C(=O)N[C@H](CO)c2ccccc2)ccc2n[nH]c(/C=C/c3cccc(CO)c3)c12.COc1ccc(/C=C/c2[nH]nc3ccc(C(=O)N[C@H](CO)c4ccccc4)c(OC)c23)cc1.COc1cccc(/C=C/c2[nH]nc3ccc(C(=O)N[C@H](CO)c4ccccc4)c(OC)c23)c1.COc1ccccc1/C=C/c1[nH]nc2ccc(C(=O)N[C@H](CO)c3ccccc3)c(OC)c12. The lowest BCUT2D eigenvalue weighted by molar-refractivity contribution is 0.0906. The second kappa shape index (κ2) is 46.0. The first-order valence-corrected chi connectivity index (χ1v) is 42.0. The molecule has 4 amide bonds. The number of nitrogens with one attached hydrogen (secondary N) is 8. The number of nitrogens with zero attached hydrogens (tertiary/aromatic N) is 4. The first kappa shape index (κ1) is 93.4. The Morgan fingerprint density at radius 2 is 0.606 bits per heavy atom. The van der Waals surface area contributed by atoms with Crippen LogP contribution >= 0.6 is 0 Å². The normalized spacial score (nSPS) is 12.1. The number of hydrogen-bond acceptors (Lipinski definition) is 20. The van der Waals surface area contributed by atoms with Crippen molar-refractivity contribution in [2.45, 2.75) is 30.8 Å². The van der Waals surface area contributed by atoms with Gasteiger partial charge in [-0.2, -0.15) is 20.4 Å². The Hall–Kier alpha value is -16.2. The molecular formula is C104H100N12O16. The molecule has 0 saturated heterocycles. The molecule has 4 atom stereocenters. The maximum atomic E-state index is 13.1. The smallest absolute Gasteiger partial charge is 0.255 e. The number of carbonyl (C=O) groups excluding carboxylic acids is 4. The van der Waals surface area contributed by atoms with Crippen LogP contribution in [0.4, 0.5) is 0 Å². The zero-order valence-electron chi connectivity index (χ0n) is 73.4. The van der Waals surface area contributed by atoms with Crippen molar-refractivity contribution in [1.29, 1.82) is 0 Å². The fourth-order valence-electron chi connectivity index (χ4n) is 14.8. The maximum Gasteiger partial charge on any atom is 0.255 e. The second-order valence-corrected chi connectivity index (χ2v) is 29.7. The van der Waals surface area contributed by atoms with Gasteiger partial charge in [0.15, 0.2) is 0 Å². The van der Waals surface area contributed by atoms with Crippen molar-refractivity contribution in [1.82, 2.24) is 62.1 Å². The molecule has 4 aromatic heterocycles. The van der Waals surface area contributed by atoms with E-state index in [0.717, 1.165) is 67.3 Å². The molecule has 0 bridgehead atoms. The van der Waals surface area contributed by atoms with Crippen molar-refractivity contribution in [3.05, 3.63) is 362 Å². The third-order valence-electron chi connectivity index (χ3n) is 21.6. The minimum absolute atomic E-state index is 0.0290. The lowest BCUT2D eigenvalue weighted by atomic mass is 10.0. The van der Waals surface area contributed by atoms with Crippen molar-refractivity contribution >= 4 is 116 Å². The highest BCUT2D eigenvalue weighted by molar-refractivity contribution is 6.09. The van der Waals surface area contributed by atoms with Crippen molar-refractivity contribution < 1.29 is 77.9 Å². The first-order valence-electron chi connectivity index (χ1n) is 42.0. The molecule has 132 heavy (non-hydrogen) atoms. The van der Waals surface area contributed by atoms with Crippen LogP contribution in [0.25, 0.3) is 92.2 Å². The van der Waals surface area contributed by atoms with E-state index in [0.29, 0.717) is 112 Å². The maximum absolute atomic E-state index is 13.1. The van der Waals surface area contributed by atoms with Crippen LogP contribution in [0.15, 0.2) is 267 Å². The summed E-state index contributed by atoms with van der Waals surface area (Å²) in [5, 5.41) is 92.3. The van der Waals surface area contributed by atoms with Gasteiger partial charge >= 0.3 is 0 Å². The molecule has 0 aliphatic carbocycles. The van der Waals surface area contributed by atoms with Crippen LogP contribution in [-0.2, 0) is 6.61 Å². The Morgan fingerprint density at radius 1 is 0.295 bits per heavy atom. The number of carbonyl (C=O) groups is 4. The summed E-state index contributed by atoms with van der Waals surface area (Å²) in [6, 6.07) is 79.5. The average Bonchev–Trinajstić information content (AvgIpc) is 1.65. The summed E-state index contributed by atoms with van der Waals surface area (Å²) in [5.74, 6) is 2.53. The molecule has 0 unspecified atom stereocenters. The van der Waals surface area contributed by atoms with Crippen LogP contribution < -0.4 is 54.4 Å². The number of H-pyrrole nitrogens is 4. The van der Waals surface area contributed by atoms with Crippen LogP contribution in [0.1, 0.15) is 138 Å². The summed E-state index contributed by atoms with van der Waals surface area (Å²) in [6.07, 6.45) is 15.2. The second-order valence-electron chi connectivity index (χ2n) is 29.7. The highest BCUT2D eigenvalue weighted by atomic mass is 16.5. The van der Waals surface area contributed by atoms with E-state index in [9.17, 15) is 44.7 Å². The molecule has 0 aliphatic rings. The summed E-state index contributed by atoms with van der Waals surface area (Å²) >= 11 is 0. The zero-order valence-corrected chi connectivity index (χ0v) is 73.4. The number of methoxy groups -OCH3 is 7. The summed E-state index contributed by atoms with van der Waals surface area (Å²) in [7, 11) is 11.0. The topological polar surface area (TPSA) is 397 Å². The minimum atomic E-state index is -0.540. The fourth-order valence-corrected chi connectivity index (χ4v) is 14.8. The molecule has 28 nitrogen and oxygen atoms in total. The molecule has 0 radical (unpaired) electrons. The number of fused-ring (bicyclic) bond motifs is 4. The van der Waals surface area contributed by atoms with Crippen molar-refractivity contribution in [2.24, 2.45) is 0 Å². The van der Waals surface area contributed by atoms with E-state index in [1.54, 1.807) is 69.9 Å². The number of ether oxygens (including phenoxy) is 7. The number of aliphatic hydroxyl groups excluding tert-OH is 5. The standard InChI is InChI=1S/4C26H25N3O4/c1-32-19-10-6-7-17(15-19)11-13-21-24-22(29-28-21)14-12-20(25(24)33-2)26(31)27-23(16-30)18-8-4-3-5-9-18;1-32-23-11-7-6-10-18(23)12-14-20-24-21(29-28-20)15-13-19(25(24)33-2)26(31)27-22(16-30)17-8-4-3-5-9-17;1-32-19-11-8-17(9-12-19)10-14-21-24-22(29-28-21)15-13-20(25(24)33-2)26(31)27-23(16-30)18-6-4-3-5-7-18;1-33-25-20(26(32)27-23(16-31)19-8-3-2-4-9-19)11-13-22-24(25)21(28-29-22)12-10-17-6-5-7-18(14-17)15-30/h3-15,23,30H,16H2,1-2H3,(H,27,31)(H,28,29);3-15,22,30H,16H2,1-2H3,(H,27,31)(H,28,29);3-15,23,30H,16H2,1-2H3,(H,27,31)(H,28,29);2-14,23,30-31H,15-16H2,1H3,(H,27,32)(H,28,29)/b13-11+;14-12+;14-10+;12-10+/t23-;22-;2*23-/m1111/s1. The van der Waals surface area contributed by atoms with E-state index >= 15 is 0 Å². The Morgan fingerprint density at radius 3 is 0.924 bits per heavy atom. The lowest BCUT2D eigenvalue weighted by Gasteiger charge is -2.18. The number of para-hydroxylation sites is 1. The van der Waals surface area contributed by atoms with Gasteiger partial charge in [0.2, 0.25) is 0 Å². The third kappa shape index (κ3) is 22.6. The quantitative estimate of drug-likeness (QED) is 0.0186. The summed E-state index contributed by atoms with van der Waals surface area (Å²) in [6.45, 7) is -0.924. The van der Waals surface area contributed by atoms with Gasteiger partial charge in [-0.1, -0.05) is 200 Å². The van der Waals surface area contributed by atoms with Gasteiger partial charge in [-0.05, 0) is 160 Å². The van der Waals surface area contributed by atoms with Crippen LogP contribution in [0.3, 0.4) is 0 Å². The number of rotatable bonds is 32. The number of aromatic nitrogens is 8. The highest BCUT2D eigenvalue weighted by Crippen LogP contribution is 2.39. The predicted octanol–water partition coefficient (Wildman–Crippen LogP) is 16.3. The Kier molecular flexibility index (Phi) is 32.5. The Balaban J connectivity index is 0.000000150. The highest BCUT2D eigenvalue weighted by Gasteiger charge is 2.28. The molecule has 28 heteroatoms. The molecular weight excluding hydrogens is 1670 g/mol. The summed E-state index contributed by atoms with van der Waals surface area (Å²) in [5.41, 5.74) is 14.8. The molecule has 0 fully saturated rings. The molecule has 0 aliphatic heterocycles. The predicted molar refractivity (Wildman–Crippen MR) is 513 cm³/mol. The van der Waals surface area contributed by atoms with Crippen molar-refractivity contribution in [2.75, 3.05) is 76.2 Å². The zero-order chi connectivity index (χ0) is 92.8. The Labute approximate surface area is 760 Å². The van der Waals surface area contributed by atoms with Gasteiger partial charge in [-0.15, -0.1) is 0 Å². The molecule has 16 rings (SSSR count). The van der Waals surface area contributed by atoms with E-state index in [-0.39, 0.29) is 56.7 Å². The van der Waals surface area contributed by atoms with Gasteiger partial charge in [0.25, 0.3) is 23.6 Å². The monoisotopic (exact) mass is 1770 g/mol. The summed E-state index contributed by atoms with van der Waals surface area (Å²) in [4.78, 5) is 52.5. The number of aromatic amines is 4. The molecule has 0 spiro atoms. The number of benzene rings is 12. The van der Waals surface area contributed by atoms with Crippen molar-refractivity contribution in [3.8, 4) is 40.2 Å². The van der Waals surface area contributed by atoms with Crippen LogP contribution in [0.2, 0.25) is 0 Å². The van der Waals surface area contributed by atoms with Gasteiger partial charge in [-0.25, -0.2) is 0 Å². The van der Waals surface area contributed by atoms with Gasteiger partial charge in [0, 0.05) is 5.56 Å². The van der Waals surface area contributed by atoms with E-state index in [1.807, 2.05) is 267 Å². The van der Waals surface area contributed by atoms with Gasteiger partial charge in [0.1, 0.15) is 40.2 Å². The van der Waals surface area contributed by atoms with Crippen LogP contribution in [0, 0.1) is 0 Å². The van der Waals surface area contributed by atoms with E-state index in [2.05, 4.69) is 62.1 Å². The molecule has 4 heterocycles. The molecule has 13 N–H and O–H groups in total. The fraction of sp³-hybridized carbons (Fsp3) is 0.154. The number of amides is 4. The van der Waals surface area contributed by atoms with E-state index in [1.165, 1.54) is 28.4 Å². The molecule has 12 aromatic carbocycles. The van der Waals surface area contributed by atoms with E-state index in [4.69, 9.17) is 33.2 Å². The van der Waals surface area contributed by atoms with Crippen LogP contribution in [-0.4, -0.2) is 166 Å². The van der Waals surface area contributed by atoms with Gasteiger partial charge < -0.3 is 80.0 Å². The molecule has 16 aromatic rings. The van der Waals surface area contributed by atoms with Gasteiger partial charge in [0.05, 0.1) is 196 Å². The number of hydrogen-bond donors (Lipinski definition) is 13. The third-order valence-corrected chi connectivity index (χ3v) is 21.6. The first-order chi connectivity index (χ1) is 64.6. The minimum Gasteiger partial charge on any atom is -0.497 e. The average molecular weight is 1770 g/mol. The van der Waals surface area contributed by atoms with Crippen molar-refractivity contribution in [3.63, 3.8) is 0 Å².